The van der Waals surface area contributed by atoms with E-state index in [-0.39, 0.29) is 5.82 Å². The fourth-order valence-electron chi connectivity index (χ4n) is 4.00. The van der Waals surface area contributed by atoms with Crippen molar-refractivity contribution >= 4 is 51.0 Å². The zero-order valence-corrected chi connectivity index (χ0v) is 19.8. The Morgan fingerprint density at radius 3 is 2.97 bits per heavy atom. The predicted molar refractivity (Wildman–Crippen MR) is 131 cm³/mol. The number of nitrogens with one attached hydrogen (secondary N) is 2. The molecule has 9 heteroatoms. The highest BCUT2D eigenvalue weighted by Gasteiger charge is 2.23. The van der Waals surface area contributed by atoms with Gasteiger partial charge in [-0.1, -0.05) is 12.1 Å². The summed E-state index contributed by atoms with van der Waals surface area (Å²) in [5, 5.41) is 8.82. The quantitative estimate of drug-likeness (QED) is 0.336. The van der Waals surface area contributed by atoms with Gasteiger partial charge in [-0.05, 0) is 78.0 Å². The van der Waals surface area contributed by atoms with Crippen LogP contribution in [0.2, 0.25) is 0 Å². The van der Waals surface area contributed by atoms with Gasteiger partial charge in [-0.2, -0.15) is 4.98 Å². The Hall–Kier alpha value is -2.11. The monoisotopic (exact) mass is 548 g/mol. The van der Waals surface area contributed by atoms with E-state index in [1.807, 2.05) is 12.1 Å². The first-order valence-electron chi connectivity index (χ1n) is 10.3. The molecule has 1 fully saturated rings. The van der Waals surface area contributed by atoms with E-state index in [1.165, 1.54) is 10.9 Å². The summed E-state index contributed by atoms with van der Waals surface area (Å²) in [6, 6.07) is 9.23. The number of halogens is 2. The fraction of sp³-hybridized carbons (Fsp3) is 0.318. The van der Waals surface area contributed by atoms with Crippen LogP contribution in [0.5, 0.6) is 0 Å². The maximum atomic E-state index is 14.9. The molecular weight excluding hydrogens is 526 g/mol. The second-order valence-corrected chi connectivity index (χ2v) is 9.88. The van der Waals surface area contributed by atoms with Gasteiger partial charge in [-0.15, -0.1) is 11.3 Å². The first kappa shape index (κ1) is 20.8. The normalized spacial score (nSPS) is 16.6. The molecule has 0 radical (unpaired) electrons. The molecule has 1 atom stereocenters. The SMILES string of the molecule is Fc1cccc(I)c1-c1nc2cnc(NCc3cccs3)nc2n1C[C@@H]1CCCNC1. The molecule has 160 valence electrons. The van der Waals surface area contributed by atoms with E-state index in [0.717, 1.165) is 41.7 Å². The number of anilines is 1. The molecule has 4 heterocycles. The molecule has 0 unspecified atom stereocenters. The molecule has 0 spiro atoms. The van der Waals surface area contributed by atoms with Crippen LogP contribution in [0.4, 0.5) is 10.3 Å². The van der Waals surface area contributed by atoms with Crippen molar-refractivity contribution < 1.29 is 4.39 Å². The van der Waals surface area contributed by atoms with Crippen LogP contribution < -0.4 is 10.6 Å². The number of rotatable bonds is 6. The van der Waals surface area contributed by atoms with Crippen molar-refractivity contribution in [2.24, 2.45) is 5.92 Å². The molecule has 2 N–H and O–H groups in total. The van der Waals surface area contributed by atoms with Gasteiger partial charge < -0.3 is 15.2 Å². The minimum Gasteiger partial charge on any atom is -0.349 e. The summed E-state index contributed by atoms with van der Waals surface area (Å²) in [6.45, 7) is 3.41. The zero-order valence-electron chi connectivity index (χ0n) is 16.8. The van der Waals surface area contributed by atoms with Crippen molar-refractivity contribution in [1.82, 2.24) is 24.8 Å². The van der Waals surface area contributed by atoms with E-state index < -0.39 is 0 Å². The Kier molecular flexibility index (Phi) is 6.15. The van der Waals surface area contributed by atoms with Crippen molar-refractivity contribution in [2.45, 2.75) is 25.9 Å². The molecule has 31 heavy (non-hydrogen) atoms. The fourth-order valence-corrected chi connectivity index (χ4v) is 5.35. The van der Waals surface area contributed by atoms with Crippen LogP contribution >= 0.6 is 33.9 Å². The first-order chi connectivity index (χ1) is 15.2. The Bertz CT molecular complexity index is 1170. The first-order valence-corrected chi connectivity index (χ1v) is 12.3. The third-order valence-corrected chi connectivity index (χ3v) is 7.29. The second kappa shape index (κ2) is 9.17. The molecule has 6 nitrogen and oxygen atoms in total. The maximum Gasteiger partial charge on any atom is 0.225 e. The molecule has 1 aliphatic heterocycles. The van der Waals surface area contributed by atoms with Crippen molar-refractivity contribution in [3.8, 4) is 11.4 Å². The number of thiophene rings is 1. The van der Waals surface area contributed by atoms with Gasteiger partial charge in [0.1, 0.15) is 17.2 Å². The summed E-state index contributed by atoms with van der Waals surface area (Å²) >= 11 is 3.87. The maximum absolute atomic E-state index is 14.9. The topological polar surface area (TPSA) is 67.7 Å². The molecule has 0 saturated carbocycles. The summed E-state index contributed by atoms with van der Waals surface area (Å²) in [4.78, 5) is 15.2. The van der Waals surface area contributed by atoms with Gasteiger partial charge in [0, 0.05) is 15.0 Å². The summed E-state index contributed by atoms with van der Waals surface area (Å²) in [6.07, 6.45) is 4.01. The van der Waals surface area contributed by atoms with E-state index in [9.17, 15) is 4.39 Å². The van der Waals surface area contributed by atoms with Gasteiger partial charge in [-0.25, -0.2) is 14.4 Å². The standard InChI is InChI=1S/C22H22FIN6S/c23-16-6-1-7-17(24)19(16)21-28-18-12-27-22(26-11-15-5-3-9-31-15)29-20(18)30(21)13-14-4-2-8-25-10-14/h1,3,5-7,9,12,14,25H,2,4,8,10-11,13H2,(H,26,27,29)/t14-/m1/s1. The lowest BCUT2D eigenvalue weighted by atomic mass is 9.99. The molecule has 3 aromatic heterocycles. The molecule has 1 aromatic carbocycles. The van der Waals surface area contributed by atoms with Crippen LogP contribution in [0, 0.1) is 15.3 Å². The number of benzene rings is 1. The number of hydrogen-bond acceptors (Lipinski definition) is 6. The van der Waals surface area contributed by atoms with Crippen molar-refractivity contribution in [2.75, 3.05) is 18.4 Å². The average molecular weight is 548 g/mol. The number of fused-ring (bicyclic) bond motifs is 1. The Morgan fingerprint density at radius 1 is 1.26 bits per heavy atom. The lowest BCUT2D eigenvalue weighted by Crippen LogP contribution is -2.32. The average Bonchev–Trinajstić information content (AvgIpc) is 3.41. The molecule has 5 rings (SSSR count). The number of aromatic nitrogens is 4. The Balaban J connectivity index is 1.57. The minimum atomic E-state index is -0.269. The van der Waals surface area contributed by atoms with E-state index in [0.29, 0.717) is 35.3 Å². The van der Waals surface area contributed by atoms with Crippen LogP contribution in [0.15, 0.2) is 41.9 Å². The van der Waals surface area contributed by atoms with Crippen LogP contribution in [-0.4, -0.2) is 32.6 Å². The van der Waals surface area contributed by atoms with Gasteiger partial charge >= 0.3 is 0 Å². The molecule has 1 saturated heterocycles. The Morgan fingerprint density at radius 2 is 2.19 bits per heavy atom. The van der Waals surface area contributed by atoms with Crippen molar-refractivity contribution in [3.63, 3.8) is 0 Å². The lowest BCUT2D eigenvalue weighted by Gasteiger charge is -2.24. The molecule has 0 amide bonds. The zero-order chi connectivity index (χ0) is 21.2. The molecule has 1 aliphatic rings. The largest absolute Gasteiger partial charge is 0.349 e. The minimum absolute atomic E-state index is 0.269. The van der Waals surface area contributed by atoms with E-state index in [4.69, 9.17) is 9.97 Å². The highest BCUT2D eigenvalue weighted by Crippen LogP contribution is 2.31. The van der Waals surface area contributed by atoms with E-state index >= 15 is 0 Å². The Labute approximate surface area is 197 Å². The number of piperidine rings is 1. The van der Waals surface area contributed by atoms with Crippen molar-refractivity contribution in [3.05, 3.63) is 56.2 Å². The summed E-state index contributed by atoms with van der Waals surface area (Å²) < 4.78 is 17.8. The number of nitrogens with zero attached hydrogens (tertiary/aromatic N) is 4. The molecular formula is C22H22FIN6S. The third kappa shape index (κ3) is 4.44. The van der Waals surface area contributed by atoms with Crippen LogP contribution in [-0.2, 0) is 13.1 Å². The van der Waals surface area contributed by atoms with E-state index in [2.05, 4.69) is 54.2 Å². The van der Waals surface area contributed by atoms with Crippen molar-refractivity contribution in [1.29, 1.82) is 0 Å². The van der Waals surface area contributed by atoms with Gasteiger partial charge in [0.2, 0.25) is 5.95 Å². The molecule has 4 aromatic rings. The van der Waals surface area contributed by atoms with Crippen LogP contribution in [0.25, 0.3) is 22.6 Å². The highest BCUT2D eigenvalue weighted by molar-refractivity contribution is 14.1. The second-order valence-electron chi connectivity index (χ2n) is 7.69. The predicted octanol–water partition coefficient (Wildman–Crippen LogP) is 4.91. The summed E-state index contributed by atoms with van der Waals surface area (Å²) in [5.41, 5.74) is 1.95. The van der Waals surface area contributed by atoms with Gasteiger partial charge in [0.05, 0.1) is 18.3 Å². The van der Waals surface area contributed by atoms with Crippen LogP contribution in [0.3, 0.4) is 0 Å². The van der Waals surface area contributed by atoms with Gasteiger partial charge in [0.15, 0.2) is 5.65 Å². The summed E-state index contributed by atoms with van der Waals surface area (Å²) in [5.74, 6) is 1.35. The third-order valence-electron chi connectivity index (χ3n) is 5.51. The molecule has 0 bridgehead atoms. The number of hydrogen-bond donors (Lipinski definition) is 2. The highest BCUT2D eigenvalue weighted by atomic mass is 127. The summed E-state index contributed by atoms with van der Waals surface area (Å²) in [7, 11) is 0. The van der Waals surface area contributed by atoms with Gasteiger partial charge in [-0.3, -0.25) is 0 Å². The van der Waals surface area contributed by atoms with Crippen LogP contribution in [0.1, 0.15) is 17.7 Å². The molecule has 0 aliphatic carbocycles. The smallest absolute Gasteiger partial charge is 0.225 e. The van der Waals surface area contributed by atoms with Gasteiger partial charge in [0.25, 0.3) is 0 Å². The van der Waals surface area contributed by atoms with E-state index in [1.54, 1.807) is 23.6 Å². The lowest BCUT2D eigenvalue weighted by molar-refractivity contribution is 0.341. The number of imidazole rings is 1.